The minimum absolute atomic E-state index is 0.813. The molecule has 0 aliphatic rings. The Kier molecular flexibility index (Phi) is 6.89. The minimum Gasteiger partial charge on any atom is -0.465 e. The highest BCUT2D eigenvalue weighted by atomic mass is 32.2. The van der Waals surface area contributed by atoms with Gasteiger partial charge in [-0.3, -0.25) is 0 Å². The van der Waals surface area contributed by atoms with Gasteiger partial charge in [0.05, 0.1) is 11.9 Å². The first-order chi connectivity index (χ1) is 13.2. The van der Waals surface area contributed by atoms with E-state index in [9.17, 15) is 0 Å². The normalized spacial score (nSPS) is 12.1. The average molecular weight is 374 g/mol. The van der Waals surface area contributed by atoms with Gasteiger partial charge < -0.3 is 4.74 Å². The van der Waals surface area contributed by atoms with Crippen molar-refractivity contribution in [2.75, 3.05) is 0 Å². The molecule has 0 fully saturated rings. The van der Waals surface area contributed by atoms with Gasteiger partial charge in [0.15, 0.2) is 0 Å². The highest BCUT2D eigenvalue weighted by Gasteiger charge is 2.07. The number of para-hydroxylation sites is 1. The maximum Gasteiger partial charge on any atom is 0.126 e. The lowest BCUT2D eigenvalue weighted by Crippen LogP contribution is -1.97. The number of hydrogen-bond donors (Lipinski definition) is 0. The molecule has 3 aromatic rings. The van der Waals surface area contributed by atoms with Crippen LogP contribution in [0.1, 0.15) is 19.4 Å². The zero-order valence-electron chi connectivity index (χ0n) is 15.6. The standard InChI is InChI=1S/C24H23NOS/c1-3-20-14-16-21(17-15-20)25-24(27-23-12-8-5-9-13-23)19(2)18-26-22-10-6-4-7-11-22/h4-18H,3H2,1-2H3. The first-order valence-corrected chi connectivity index (χ1v) is 9.85. The molecule has 0 saturated heterocycles. The van der Waals surface area contributed by atoms with Crippen LogP contribution in [0.4, 0.5) is 5.69 Å². The summed E-state index contributed by atoms with van der Waals surface area (Å²) in [5, 5.41) is 0.918. The molecule has 2 nitrogen and oxygen atoms in total. The molecule has 0 N–H and O–H groups in total. The van der Waals surface area contributed by atoms with Crippen molar-refractivity contribution in [2.45, 2.75) is 25.2 Å². The van der Waals surface area contributed by atoms with E-state index in [1.54, 1.807) is 18.0 Å². The summed E-state index contributed by atoms with van der Waals surface area (Å²) in [6.07, 6.45) is 2.80. The van der Waals surface area contributed by atoms with E-state index in [4.69, 9.17) is 9.73 Å². The molecule has 27 heavy (non-hydrogen) atoms. The Balaban J connectivity index is 1.87. The zero-order chi connectivity index (χ0) is 18.9. The van der Waals surface area contributed by atoms with E-state index in [1.165, 1.54) is 5.56 Å². The summed E-state index contributed by atoms with van der Waals surface area (Å²) in [4.78, 5) is 6.02. The second kappa shape index (κ2) is 9.79. The number of benzene rings is 3. The fourth-order valence-corrected chi connectivity index (χ4v) is 3.30. The first kappa shape index (κ1) is 19.0. The molecule has 0 aliphatic carbocycles. The molecule has 0 aromatic heterocycles. The van der Waals surface area contributed by atoms with Crippen LogP contribution in [0.5, 0.6) is 5.75 Å². The van der Waals surface area contributed by atoms with Crippen molar-refractivity contribution in [1.82, 2.24) is 0 Å². The van der Waals surface area contributed by atoms with Crippen LogP contribution >= 0.6 is 11.8 Å². The largest absolute Gasteiger partial charge is 0.465 e. The van der Waals surface area contributed by atoms with E-state index >= 15 is 0 Å². The Morgan fingerprint density at radius 3 is 2.15 bits per heavy atom. The molecule has 0 aliphatic heterocycles. The Labute approximate surface area is 165 Å². The number of rotatable bonds is 6. The maximum atomic E-state index is 5.80. The predicted octanol–water partition coefficient (Wildman–Crippen LogP) is 7.05. The van der Waals surface area contributed by atoms with E-state index in [0.29, 0.717) is 0 Å². The SMILES string of the molecule is CCc1ccc(N=C(Sc2ccccc2)C(C)=COc2ccccc2)cc1. The van der Waals surface area contributed by atoms with Crippen molar-refractivity contribution in [3.05, 3.63) is 102 Å². The summed E-state index contributed by atoms with van der Waals surface area (Å²) in [5.41, 5.74) is 3.23. The number of aryl methyl sites for hydroxylation is 1. The summed E-state index contributed by atoms with van der Waals surface area (Å²) in [5.74, 6) is 0.813. The van der Waals surface area contributed by atoms with Crippen molar-refractivity contribution >= 4 is 22.5 Å². The highest BCUT2D eigenvalue weighted by molar-refractivity contribution is 8.14. The second-order valence-electron chi connectivity index (χ2n) is 6.08. The van der Waals surface area contributed by atoms with Crippen LogP contribution in [0.2, 0.25) is 0 Å². The van der Waals surface area contributed by atoms with Crippen LogP contribution in [0, 0.1) is 0 Å². The molecule has 0 saturated carbocycles. The maximum absolute atomic E-state index is 5.80. The van der Waals surface area contributed by atoms with Crippen LogP contribution in [0.25, 0.3) is 0 Å². The van der Waals surface area contributed by atoms with Gasteiger partial charge in [-0.25, -0.2) is 4.99 Å². The smallest absolute Gasteiger partial charge is 0.126 e. The van der Waals surface area contributed by atoms with Gasteiger partial charge in [-0.1, -0.05) is 67.2 Å². The molecule has 136 valence electrons. The van der Waals surface area contributed by atoms with Gasteiger partial charge in [-0.05, 0) is 55.3 Å². The topological polar surface area (TPSA) is 21.6 Å². The summed E-state index contributed by atoms with van der Waals surface area (Å²) < 4.78 is 5.80. The van der Waals surface area contributed by atoms with Crippen molar-refractivity contribution < 1.29 is 4.74 Å². The predicted molar refractivity (Wildman–Crippen MR) is 116 cm³/mol. The van der Waals surface area contributed by atoms with Crippen LogP contribution in [-0.2, 0) is 6.42 Å². The lowest BCUT2D eigenvalue weighted by atomic mass is 10.1. The summed E-state index contributed by atoms with van der Waals surface area (Å²) in [6.45, 7) is 4.18. The molecular weight excluding hydrogens is 350 g/mol. The summed E-state index contributed by atoms with van der Waals surface area (Å²) in [6, 6.07) is 28.4. The fraction of sp³-hybridized carbons (Fsp3) is 0.125. The van der Waals surface area contributed by atoms with Gasteiger partial charge in [0.1, 0.15) is 10.8 Å². The van der Waals surface area contributed by atoms with Gasteiger partial charge in [0.2, 0.25) is 0 Å². The third-order valence-corrected chi connectivity index (χ3v) is 5.10. The van der Waals surface area contributed by atoms with Gasteiger partial charge in [0.25, 0.3) is 0 Å². The Bertz CT molecular complexity index is 900. The van der Waals surface area contributed by atoms with Gasteiger partial charge >= 0.3 is 0 Å². The van der Waals surface area contributed by atoms with Crippen LogP contribution in [0.15, 0.2) is 107 Å². The van der Waals surface area contributed by atoms with E-state index in [-0.39, 0.29) is 0 Å². The van der Waals surface area contributed by atoms with Crippen LogP contribution < -0.4 is 4.74 Å². The summed E-state index contributed by atoms with van der Waals surface area (Å²) >= 11 is 1.64. The molecule has 3 heteroatoms. The number of aliphatic imine (C=N–C) groups is 1. The first-order valence-electron chi connectivity index (χ1n) is 9.04. The molecule has 0 amide bonds. The van der Waals surface area contributed by atoms with Gasteiger partial charge in [-0.2, -0.15) is 0 Å². The molecule has 3 aromatic carbocycles. The minimum atomic E-state index is 0.813. The van der Waals surface area contributed by atoms with E-state index in [0.717, 1.165) is 33.4 Å². The molecule has 0 spiro atoms. The Morgan fingerprint density at radius 2 is 1.52 bits per heavy atom. The monoisotopic (exact) mass is 373 g/mol. The molecule has 0 bridgehead atoms. The van der Waals surface area contributed by atoms with Crippen LogP contribution in [0.3, 0.4) is 0 Å². The van der Waals surface area contributed by atoms with Crippen molar-refractivity contribution in [2.24, 2.45) is 4.99 Å². The second-order valence-corrected chi connectivity index (χ2v) is 7.15. The lowest BCUT2D eigenvalue weighted by Gasteiger charge is -2.08. The highest BCUT2D eigenvalue weighted by Crippen LogP contribution is 2.27. The zero-order valence-corrected chi connectivity index (χ0v) is 16.4. The number of ether oxygens (including phenoxy) is 1. The fourth-order valence-electron chi connectivity index (χ4n) is 2.42. The van der Waals surface area contributed by atoms with Crippen molar-refractivity contribution in [3.63, 3.8) is 0 Å². The molecule has 0 heterocycles. The third kappa shape index (κ3) is 5.87. The Morgan fingerprint density at radius 1 is 0.889 bits per heavy atom. The molecule has 3 rings (SSSR count). The third-order valence-electron chi connectivity index (χ3n) is 3.99. The lowest BCUT2D eigenvalue weighted by molar-refractivity contribution is 0.478. The quantitative estimate of drug-likeness (QED) is 0.200. The van der Waals surface area contributed by atoms with Gasteiger partial charge in [0, 0.05) is 10.5 Å². The number of hydrogen-bond acceptors (Lipinski definition) is 3. The van der Waals surface area contributed by atoms with Gasteiger partial charge in [-0.15, -0.1) is 0 Å². The summed E-state index contributed by atoms with van der Waals surface area (Å²) in [7, 11) is 0. The molecular formula is C24H23NOS. The van der Waals surface area contributed by atoms with E-state index in [2.05, 4.69) is 43.3 Å². The number of thioether (sulfide) groups is 1. The van der Waals surface area contributed by atoms with E-state index < -0.39 is 0 Å². The van der Waals surface area contributed by atoms with Crippen molar-refractivity contribution in [1.29, 1.82) is 0 Å². The molecule has 0 unspecified atom stereocenters. The average Bonchev–Trinajstić information content (AvgIpc) is 2.73. The van der Waals surface area contributed by atoms with Crippen molar-refractivity contribution in [3.8, 4) is 5.75 Å². The van der Waals surface area contributed by atoms with E-state index in [1.807, 2.05) is 55.5 Å². The Hall–Kier alpha value is -2.78. The van der Waals surface area contributed by atoms with Crippen LogP contribution in [-0.4, -0.2) is 5.04 Å². The molecule has 0 atom stereocenters. The number of nitrogens with zero attached hydrogens (tertiary/aromatic N) is 1. The molecule has 0 radical (unpaired) electrons.